The molecule has 0 amide bonds. The van der Waals surface area contributed by atoms with Gasteiger partial charge in [0.2, 0.25) is 0 Å². The predicted molar refractivity (Wildman–Crippen MR) is 76.1 cm³/mol. The molecule has 0 aliphatic carbocycles. The lowest BCUT2D eigenvalue weighted by Gasteiger charge is -2.08. The van der Waals surface area contributed by atoms with Crippen LogP contribution < -0.4 is 10.5 Å². The molecule has 3 rings (SSSR count). The second-order valence-corrected chi connectivity index (χ2v) is 4.48. The van der Waals surface area contributed by atoms with Crippen molar-refractivity contribution in [3.63, 3.8) is 0 Å². The van der Waals surface area contributed by atoms with Crippen LogP contribution in [0.1, 0.15) is 5.56 Å². The van der Waals surface area contributed by atoms with Gasteiger partial charge in [-0.05, 0) is 23.8 Å². The summed E-state index contributed by atoms with van der Waals surface area (Å²) in [6, 6.07) is 12.2. The zero-order valence-electron chi connectivity index (χ0n) is 11.0. The van der Waals surface area contributed by atoms with Gasteiger partial charge in [-0.15, -0.1) is 0 Å². The normalized spacial score (nSPS) is 11.2. The van der Waals surface area contributed by atoms with Crippen LogP contribution >= 0.6 is 0 Å². The van der Waals surface area contributed by atoms with Gasteiger partial charge < -0.3 is 15.5 Å². The number of H-pyrrole nitrogens is 1. The molecule has 0 aliphatic heterocycles. The molecule has 0 spiro atoms. The number of rotatable bonds is 4. The number of hydrogen-bond donors (Lipinski definition) is 2. The smallest absolute Gasteiger partial charge is 0.387 e. The van der Waals surface area contributed by atoms with E-state index in [-0.39, 0.29) is 5.75 Å². The third kappa shape index (κ3) is 2.57. The molecule has 0 aliphatic rings. The van der Waals surface area contributed by atoms with Crippen LogP contribution in [0, 0.1) is 0 Å². The van der Waals surface area contributed by atoms with Crippen LogP contribution in [0.5, 0.6) is 5.75 Å². The highest BCUT2D eigenvalue weighted by molar-refractivity contribution is 5.83. The Morgan fingerprint density at radius 2 is 1.95 bits per heavy atom. The fourth-order valence-corrected chi connectivity index (χ4v) is 2.24. The topological polar surface area (TPSA) is 63.9 Å². The molecule has 0 atom stereocenters. The van der Waals surface area contributed by atoms with E-state index >= 15 is 0 Å². The maximum absolute atomic E-state index is 12.5. The van der Waals surface area contributed by atoms with E-state index in [0.29, 0.717) is 17.9 Å². The first kappa shape index (κ1) is 13.5. The number of aromatic amines is 1. The van der Waals surface area contributed by atoms with Gasteiger partial charge in [-0.1, -0.05) is 24.3 Å². The fourth-order valence-electron chi connectivity index (χ4n) is 2.24. The Labute approximate surface area is 119 Å². The SMILES string of the molecule is NCc1cccc2[nH]c(-c3ccccc3OC(F)F)nc12. The number of hydrogen-bond acceptors (Lipinski definition) is 3. The van der Waals surface area contributed by atoms with Crippen LogP contribution in [0.15, 0.2) is 42.5 Å². The summed E-state index contributed by atoms with van der Waals surface area (Å²) in [4.78, 5) is 7.57. The van der Waals surface area contributed by atoms with Crippen LogP contribution in [0.25, 0.3) is 22.4 Å². The summed E-state index contributed by atoms with van der Waals surface area (Å²) in [6.07, 6.45) is 0. The summed E-state index contributed by atoms with van der Waals surface area (Å²) >= 11 is 0. The molecule has 0 bridgehead atoms. The molecule has 1 aromatic heterocycles. The summed E-state index contributed by atoms with van der Waals surface area (Å²) in [5, 5.41) is 0. The second-order valence-electron chi connectivity index (χ2n) is 4.48. The minimum absolute atomic E-state index is 0.0841. The van der Waals surface area contributed by atoms with Gasteiger partial charge in [-0.25, -0.2) is 4.98 Å². The molecular weight excluding hydrogens is 276 g/mol. The second kappa shape index (κ2) is 5.49. The van der Waals surface area contributed by atoms with Crippen LogP contribution in [-0.4, -0.2) is 16.6 Å². The van der Waals surface area contributed by atoms with E-state index in [1.165, 1.54) is 6.07 Å². The first-order valence-corrected chi connectivity index (χ1v) is 6.41. The molecule has 2 aromatic carbocycles. The van der Waals surface area contributed by atoms with Gasteiger partial charge in [0.1, 0.15) is 11.6 Å². The molecule has 108 valence electrons. The third-order valence-electron chi connectivity index (χ3n) is 3.17. The van der Waals surface area contributed by atoms with Crippen LogP contribution in [0.3, 0.4) is 0 Å². The van der Waals surface area contributed by atoms with Gasteiger partial charge in [0.15, 0.2) is 0 Å². The van der Waals surface area contributed by atoms with Gasteiger partial charge in [-0.3, -0.25) is 0 Å². The van der Waals surface area contributed by atoms with E-state index in [1.54, 1.807) is 18.2 Å². The van der Waals surface area contributed by atoms with Crippen LogP contribution in [0.2, 0.25) is 0 Å². The first-order chi connectivity index (χ1) is 10.2. The predicted octanol–water partition coefficient (Wildman–Crippen LogP) is 3.29. The van der Waals surface area contributed by atoms with Gasteiger partial charge >= 0.3 is 6.61 Å². The lowest BCUT2D eigenvalue weighted by atomic mass is 10.2. The minimum Gasteiger partial charge on any atom is -0.434 e. The number of nitrogens with zero attached hydrogens (tertiary/aromatic N) is 1. The number of benzene rings is 2. The Bertz CT molecular complexity index is 770. The number of imidazole rings is 1. The molecule has 3 N–H and O–H groups in total. The number of aromatic nitrogens is 2. The van der Waals surface area contributed by atoms with Crippen molar-refractivity contribution in [2.45, 2.75) is 13.2 Å². The molecule has 3 aromatic rings. The third-order valence-corrected chi connectivity index (χ3v) is 3.17. The lowest BCUT2D eigenvalue weighted by molar-refractivity contribution is -0.0494. The van der Waals surface area contributed by atoms with E-state index in [2.05, 4.69) is 14.7 Å². The molecule has 0 unspecified atom stereocenters. The zero-order valence-corrected chi connectivity index (χ0v) is 11.0. The average molecular weight is 289 g/mol. The largest absolute Gasteiger partial charge is 0.434 e. The van der Waals surface area contributed by atoms with E-state index in [1.807, 2.05) is 18.2 Å². The van der Waals surface area contributed by atoms with Crippen molar-refractivity contribution in [2.24, 2.45) is 5.73 Å². The molecule has 4 nitrogen and oxygen atoms in total. The fraction of sp³-hybridized carbons (Fsp3) is 0.133. The number of nitrogens with two attached hydrogens (primary N) is 1. The highest BCUT2D eigenvalue weighted by Gasteiger charge is 2.14. The minimum atomic E-state index is -2.88. The van der Waals surface area contributed by atoms with Crippen LogP contribution in [0.4, 0.5) is 8.78 Å². The standard InChI is InChI=1S/C15H13F2N3O/c16-15(17)21-12-7-2-1-5-10(12)14-19-11-6-3-4-9(8-18)13(11)20-14/h1-7,15H,8,18H2,(H,19,20). The molecule has 1 heterocycles. The van der Waals surface area contributed by atoms with Crippen molar-refractivity contribution in [1.82, 2.24) is 9.97 Å². The number of para-hydroxylation sites is 2. The summed E-state index contributed by atoms with van der Waals surface area (Å²) in [5.41, 5.74) is 8.60. The Balaban J connectivity index is 2.13. The first-order valence-electron chi connectivity index (χ1n) is 6.41. The number of nitrogens with one attached hydrogen (secondary N) is 1. The van der Waals surface area contributed by atoms with Gasteiger partial charge in [-0.2, -0.15) is 8.78 Å². The number of fused-ring (bicyclic) bond motifs is 1. The van der Waals surface area contributed by atoms with Crippen LogP contribution in [-0.2, 0) is 6.54 Å². The molecule has 0 saturated carbocycles. The maximum Gasteiger partial charge on any atom is 0.387 e. The Hall–Kier alpha value is -2.47. The van der Waals surface area contributed by atoms with E-state index < -0.39 is 6.61 Å². The average Bonchev–Trinajstić information content (AvgIpc) is 2.90. The van der Waals surface area contributed by atoms with E-state index in [0.717, 1.165) is 16.6 Å². The summed E-state index contributed by atoms with van der Waals surface area (Å²) in [5.74, 6) is 0.558. The van der Waals surface area contributed by atoms with E-state index in [4.69, 9.17) is 5.73 Å². The van der Waals surface area contributed by atoms with Crippen molar-refractivity contribution in [3.8, 4) is 17.1 Å². The molecule has 0 saturated heterocycles. The van der Waals surface area contributed by atoms with Crippen molar-refractivity contribution in [3.05, 3.63) is 48.0 Å². The van der Waals surface area contributed by atoms with Gasteiger partial charge in [0.25, 0.3) is 0 Å². The summed E-state index contributed by atoms with van der Waals surface area (Å²) in [6.45, 7) is -2.52. The van der Waals surface area contributed by atoms with Crippen molar-refractivity contribution in [1.29, 1.82) is 0 Å². The Kier molecular flexibility index (Phi) is 3.53. The van der Waals surface area contributed by atoms with E-state index in [9.17, 15) is 8.78 Å². The number of alkyl halides is 2. The monoisotopic (exact) mass is 289 g/mol. The molecule has 6 heteroatoms. The lowest BCUT2D eigenvalue weighted by Crippen LogP contribution is -2.03. The maximum atomic E-state index is 12.5. The van der Waals surface area contributed by atoms with Crippen molar-refractivity contribution in [2.75, 3.05) is 0 Å². The van der Waals surface area contributed by atoms with Crippen molar-refractivity contribution >= 4 is 11.0 Å². The molecular formula is C15H13F2N3O. The number of halogens is 2. The van der Waals surface area contributed by atoms with Crippen molar-refractivity contribution < 1.29 is 13.5 Å². The Morgan fingerprint density at radius 3 is 2.71 bits per heavy atom. The summed E-state index contributed by atoms with van der Waals surface area (Å²) in [7, 11) is 0. The highest BCUT2D eigenvalue weighted by Crippen LogP contribution is 2.31. The molecule has 0 radical (unpaired) electrons. The highest BCUT2D eigenvalue weighted by atomic mass is 19.3. The quantitative estimate of drug-likeness (QED) is 0.774. The molecule has 0 fully saturated rings. The van der Waals surface area contributed by atoms with Gasteiger partial charge in [0, 0.05) is 6.54 Å². The van der Waals surface area contributed by atoms with Gasteiger partial charge in [0.05, 0.1) is 16.6 Å². The number of ether oxygens (including phenoxy) is 1. The zero-order chi connectivity index (χ0) is 14.8. The summed E-state index contributed by atoms with van der Waals surface area (Å²) < 4.78 is 29.5. The molecule has 21 heavy (non-hydrogen) atoms. The Morgan fingerprint density at radius 1 is 1.14 bits per heavy atom.